The van der Waals surface area contributed by atoms with Crippen molar-refractivity contribution in [1.29, 1.82) is 0 Å². The number of rotatable bonds is 6. The molecule has 156 valence electrons. The summed E-state index contributed by atoms with van der Waals surface area (Å²) in [5.41, 5.74) is 4.38. The Bertz CT molecular complexity index is 1130. The summed E-state index contributed by atoms with van der Waals surface area (Å²) < 4.78 is 19.1. The monoisotopic (exact) mass is 417 g/mol. The predicted octanol–water partition coefficient (Wildman–Crippen LogP) is 5.08. The van der Waals surface area contributed by atoms with Crippen LogP contribution in [0.2, 0.25) is 0 Å². The molecular weight excluding hydrogens is 397 g/mol. The minimum Gasteiger partial charge on any atom is -0.478 e. The van der Waals surface area contributed by atoms with Crippen molar-refractivity contribution >= 4 is 18.1 Å². The molecule has 2 N–H and O–H groups in total. The largest absolute Gasteiger partial charge is 0.478 e. The molecular formula is C25H20FNO4. The van der Waals surface area contributed by atoms with Gasteiger partial charge in [0.15, 0.2) is 0 Å². The lowest BCUT2D eigenvalue weighted by atomic mass is 9.98. The number of halogens is 1. The van der Waals surface area contributed by atoms with Crippen LogP contribution in [0.5, 0.6) is 0 Å². The molecule has 0 spiro atoms. The summed E-state index contributed by atoms with van der Waals surface area (Å²) in [7, 11) is 0. The van der Waals surface area contributed by atoms with Gasteiger partial charge in [0.05, 0.1) is 0 Å². The molecule has 0 bridgehead atoms. The van der Waals surface area contributed by atoms with E-state index in [1.54, 1.807) is 6.08 Å². The van der Waals surface area contributed by atoms with Crippen molar-refractivity contribution in [3.8, 4) is 11.1 Å². The van der Waals surface area contributed by atoms with Crippen LogP contribution in [0, 0.1) is 5.82 Å². The first-order chi connectivity index (χ1) is 15.1. The van der Waals surface area contributed by atoms with E-state index >= 15 is 0 Å². The third-order valence-electron chi connectivity index (χ3n) is 5.27. The van der Waals surface area contributed by atoms with Crippen molar-refractivity contribution in [2.75, 3.05) is 13.2 Å². The zero-order chi connectivity index (χ0) is 21.8. The van der Waals surface area contributed by atoms with E-state index < -0.39 is 23.4 Å². The molecule has 4 rings (SSSR count). The van der Waals surface area contributed by atoms with Crippen LogP contribution in [0.25, 0.3) is 17.2 Å². The number of benzene rings is 3. The number of aromatic carboxylic acids is 1. The molecule has 5 nitrogen and oxygen atoms in total. The Balaban J connectivity index is 1.35. The Kier molecular flexibility index (Phi) is 5.80. The van der Waals surface area contributed by atoms with Crippen molar-refractivity contribution in [2.24, 2.45) is 0 Å². The lowest BCUT2D eigenvalue weighted by Gasteiger charge is -2.14. The summed E-state index contributed by atoms with van der Waals surface area (Å²) in [6, 6.07) is 20.2. The Morgan fingerprint density at radius 2 is 1.61 bits per heavy atom. The second-order valence-electron chi connectivity index (χ2n) is 7.12. The summed E-state index contributed by atoms with van der Waals surface area (Å²) in [5, 5.41) is 11.7. The van der Waals surface area contributed by atoms with Crippen molar-refractivity contribution in [3.63, 3.8) is 0 Å². The summed E-state index contributed by atoms with van der Waals surface area (Å²) >= 11 is 0. The number of carboxylic acid groups (broad SMARTS) is 1. The number of fused-ring (bicyclic) bond motifs is 3. The first kappa shape index (κ1) is 20.3. The molecule has 31 heavy (non-hydrogen) atoms. The minimum atomic E-state index is -1.35. The van der Waals surface area contributed by atoms with E-state index in [-0.39, 0.29) is 24.6 Å². The second-order valence-corrected chi connectivity index (χ2v) is 7.12. The van der Waals surface area contributed by atoms with E-state index in [2.05, 4.69) is 17.4 Å². The zero-order valence-electron chi connectivity index (χ0n) is 16.5. The molecule has 0 fully saturated rings. The average molecular weight is 417 g/mol. The van der Waals surface area contributed by atoms with E-state index in [9.17, 15) is 14.0 Å². The number of nitrogens with one attached hydrogen (secondary N) is 1. The Morgan fingerprint density at radius 1 is 0.968 bits per heavy atom. The maximum atomic E-state index is 13.7. The second kappa shape index (κ2) is 8.83. The van der Waals surface area contributed by atoms with Gasteiger partial charge in [-0.15, -0.1) is 0 Å². The van der Waals surface area contributed by atoms with Gasteiger partial charge in [0.25, 0.3) is 0 Å². The van der Waals surface area contributed by atoms with Gasteiger partial charge in [-0.05, 0) is 33.9 Å². The van der Waals surface area contributed by atoms with E-state index in [4.69, 9.17) is 9.84 Å². The fraction of sp³-hybridized carbons (Fsp3) is 0.120. The quantitative estimate of drug-likeness (QED) is 0.587. The van der Waals surface area contributed by atoms with Gasteiger partial charge >= 0.3 is 12.1 Å². The number of carboxylic acids is 1. The molecule has 1 aliphatic carbocycles. The molecule has 0 saturated heterocycles. The maximum absolute atomic E-state index is 13.7. The van der Waals surface area contributed by atoms with E-state index in [0.29, 0.717) is 0 Å². The minimum absolute atomic E-state index is 0.0286. The molecule has 0 saturated carbocycles. The van der Waals surface area contributed by atoms with Gasteiger partial charge < -0.3 is 15.2 Å². The molecule has 1 amide bonds. The summed E-state index contributed by atoms with van der Waals surface area (Å²) in [6.07, 6.45) is 2.42. The highest BCUT2D eigenvalue weighted by molar-refractivity contribution is 5.92. The summed E-state index contributed by atoms with van der Waals surface area (Å²) in [5.74, 6) is -2.18. The Morgan fingerprint density at radius 3 is 2.26 bits per heavy atom. The summed E-state index contributed by atoms with van der Waals surface area (Å²) in [4.78, 5) is 23.3. The van der Waals surface area contributed by atoms with Crippen LogP contribution in [0.3, 0.4) is 0 Å². The number of carbonyl (C=O) groups is 2. The molecule has 3 aromatic carbocycles. The van der Waals surface area contributed by atoms with Gasteiger partial charge in [0.1, 0.15) is 18.0 Å². The van der Waals surface area contributed by atoms with Crippen LogP contribution in [0.1, 0.15) is 33.0 Å². The molecule has 1 aliphatic rings. The molecule has 0 unspecified atom stereocenters. The Hall–Kier alpha value is -3.93. The van der Waals surface area contributed by atoms with Crippen molar-refractivity contribution < 1.29 is 23.8 Å². The highest BCUT2D eigenvalue weighted by Gasteiger charge is 2.28. The van der Waals surface area contributed by atoms with Gasteiger partial charge in [-0.1, -0.05) is 72.8 Å². The highest BCUT2D eigenvalue weighted by atomic mass is 19.1. The fourth-order valence-electron chi connectivity index (χ4n) is 3.88. The fourth-order valence-corrected chi connectivity index (χ4v) is 3.88. The summed E-state index contributed by atoms with van der Waals surface area (Å²) in [6.45, 7) is 0.322. The van der Waals surface area contributed by atoms with Crippen LogP contribution in [-0.2, 0) is 4.74 Å². The Labute approximate surface area is 178 Å². The lowest BCUT2D eigenvalue weighted by molar-refractivity contribution is 0.0691. The topological polar surface area (TPSA) is 75.6 Å². The standard InChI is InChI=1S/C25H20FNO4/c26-22-13-5-7-16(23(22)24(28)29)8-6-14-27-25(30)31-15-21-19-11-3-1-9-17(19)18-10-2-4-12-20(18)21/h1-13,21H,14-15H2,(H,27,30)(H,28,29). The van der Waals surface area contributed by atoms with E-state index in [1.165, 1.54) is 18.2 Å². The highest BCUT2D eigenvalue weighted by Crippen LogP contribution is 2.44. The zero-order valence-corrected chi connectivity index (χ0v) is 16.5. The molecule has 0 heterocycles. The average Bonchev–Trinajstić information content (AvgIpc) is 3.09. The normalized spacial score (nSPS) is 12.4. The van der Waals surface area contributed by atoms with E-state index in [0.717, 1.165) is 28.3 Å². The third-order valence-corrected chi connectivity index (χ3v) is 5.27. The number of alkyl carbamates (subject to hydrolysis) is 1. The molecule has 3 aromatic rings. The van der Waals surface area contributed by atoms with Gasteiger partial charge in [0.2, 0.25) is 0 Å². The van der Waals surface area contributed by atoms with Gasteiger partial charge in [0, 0.05) is 12.5 Å². The SMILES string of the molecule is O=C(NCC=Cc1cccc(F)c1C(=O)O)OCC1c2ccccc2-c2ccccc21. The molecule has 0 atom stereocenters. The molecule has 0 radical (unpaired) electrons. The van der Waals surface area contributed by atoms with Gasteiger partial charge in [-0.25, -0.2) is 14.0 Å². The van der Waals surface area contributed by atoms with Crippen molar-refractivity contribution in [3.05, 3.63) is 101 Å². The number of amides is 1. The van der Waals surface area contributed by atoms with Crippen LogP contribution < -0.4 is 5.32 Å². The predicted molar refractivity (Wildman–Crippen MR) is 115 cm³/mol. The smallest absolute Gasteiger partial charge is 0.407 e. The van der Waals surface area contributed by atoms with Gasteiger partial charge in [-0.3, -0.25) is 0 Å². The maximum Gasteiger partial charge on any atom is 0.407 e. The third kappa shape index (κ3) is 4.19. The molecule has 6 heteroatoms. The number of hydrogen-bond acceptors (Lipinski definition) is 3. The van der Waals surface area contributed by atoms with Crippen molar-refractivity contribution in [2.45, 2.75) is 5.92 Å². The van der Waals surface area contributed by atoms with Crippen LogP contribution in [0.4, 0.5) is 9.18 Å². The molecule has 0 aliphatic heterocycles. The van der Waals surface area contributed by atoms with E-state index in [1.807, 2.05) is 36.4 Å². The lowest BCUT2D eigenvalue weighted by Crippen LogP contribution is -2.26. The van der Waals surface area contributed by atoms with Gasteiger partial charge in [-0.2, -0.15) is 0 Å². The van der Waals surface area contributed by atoms with Crippen LogP contribution >= 0.6 is 0 Å². The first-order valence-corrected chi connectivity index (χ1v) is 9.83. The van der Waals surface area contributed by atoms with Crippen molar-refractivity contribution in [1.82, 2.24) is 5.32 Å². The number of carbonyl (C=O) groups excluding carboxylic acids is 1. The number of hydrogen-bond donors (Lipinski definition) is 2. The number of ether oxygens (including phenoxy) is 1. The van der Waals surface area contributed by atoms with Crippen LogP contribution in [-0.4, -0.2) is 30.3 Å². The molecule has 0 aromatic heterocycles. The first-order valence-electron chi connectivity index (χ1n) is 9.83. The van der Waals surface area contributed by atoms with Crippen LogP contribution in [0.15, 0.2) is 72.8 Å².